The zero-order valence-electron chi connectivity index (χ0n) is 11.0. The van der Waals surface area contributed by atoms with Crippen LogP contribution in [0, 0.1) is 0 Å². The Morgan fingerprint density at radius 2 is 0.842 bits per heavy atom. The van der Waals surface area contributed by atoms with E-state index >= 15 is 0 Å². The minimum absolute atomic E-state index is 0. The standard InChI is InChI=1S/2C5H10N.2CNS.Co/c2*1-2-4-6-5-3-1;2*2-1-3;/h2*1-5H2;;;/q4*-1;. The van der Waals surface area contributed by atoms with Crippen LogP contribution in [0.3, 0.4) is 0 Å². The number of hydrogen-bond acceptors (Lipinski definition) is 2. The van der Waals surface area contributed by atoms with Crippen LogP contribution in [0.4, 0.5) is 0 Å². The smallest absolute Gasteiger partial charge is 0 e. The van der Waals surface area contributed by atoms with E-state index in [9.17, 15) is 0 Å². The summed E-state index contributed by atoms with van der Waals surface area (Å²) in [7, 11) is 0. The molecule has 2 aliphatic rings. The third-order valence-electron chi connectivity index (χ3n) is 2.26. The maximum absolute atomic E-state index is 7.13. The van der Waals surface area contributed by atoms with Gasteiger partial charge in [0.05, 0.1) is 0 Å². The number of hydrogen-bond donors (Lipinski definition) is 0. The zero-order valence-corrected chi connectivity index (χ0v) is 13.7. The van der Waals surface area contributed by atoms with Crippen molar-refractivity contribution >= 4 is 34.8 Å². The van der Waals surface area contributed by atoms with Crippen LogP contribution in [0.1, 0.15) is 38.5 Å². The Morgan fingerprint density at radius 3 is 0.895 bits per heavy atom. The number of piperidine rings is 2. The summed E-state index contributed by atoms with van der Waals surface area (Å²) in [5.74, 6) is 0. The van der Waals surface area contributed by atoms with Crippen LogP contribution < -0.4 is 0 Å². The van der Waals surface area contributed by atoms with E-state index in [1.807, 2.05) is 0 Å². The number of rotatable bonds is 0. The summed E-state index contributed by atoms with van der Waals surface area (Å²) >= 11 is 7.40. The Balaban J connectivity index is -0.000000188. The second-order valence-corrected chi connectivity index (χ2v) is 4.01. The molecule has 0 atom stereocenters. The van der Waals surface area contributed by atoms with Gasteiger partial charge in [0, 0.05) is 16.8 Å². The summed E-state index contributed by atoms with van der Waals surface area (Å²) in [6, 6.07) is 0. The molecule has 2 fully saturated rings. The van der Waals surface area contributed by atoms with Crippen molar-refractivity contribution in [1.82, 2.24) is 0 Å². The topological polar surface area (TPSA) is 72.8 Å². The third-order valence-corrected chi connectivity index (χ3v) is 2.26. The van der Waals surface area contributed by atoms with Crippen molar-refractivity contribution in [2.75, 3.05) is 26.2 Å². The SMILES string of the molecule is C1CC[N-]CC1.C1CC[N-]CC1.[Co].[N-]=C=S.[N-]=C=S. The maximum atomic E-state index is 7.13. The largest absolute Gasteiger partial charge is 0.753 e. The molecule has 2 aliphatic heterocycles. The van der Waals surface area contributed by atoms with Crippen LogP contribution in [-0.2, 0) is 16.8 Å². The summed E-state index contributed by atoms with van der Waals surface area (Å²) in [5.41, 5.74) is 0. The number of nitrogens with zero attached hydrogens (tertiary/aromatic N) is 4. The van der Waals surface area contributed by atoms with Gasteiger partial charge in [-0.25, -0.2) is 0 Å². The van der Waals surface area contributed by atoms with Gasteiger partial charge in [-0.05, 0) is 0 Å². The second-order valence-electron chi connectivity index (χ2n) is 3.65. The van der Waals surface area contributed by atoms with Gasteiger partial charge < -0.3 is 21.5 Å². The molecule has 0 spiro atoms. The van der Waals surface area contributed by atoms with E-state index in [-0.39, 0.29) is 16.8 Å². The van der Waals surface area contributed by atoms with E-state index in [0.717, 1.165) is 26.2 Å². The molecule has 0 aromatic heterocycles. The van der Waals surface area contributed by atoms with Crippen molar-refractivity contribution in [3.63, 3.8) is 0 Å². The van der Waals surface area contributed by atoms with Gasteiger partial charge in [-0.1, -0.05) is 63.0 Å². The molecule has 0 aromatic carbocycles. The fourth-order valence-corrected chi connectivity index (χ4v) is 1.47. The minimum atomic E-state index is 0. The first-order chi connectivity index (χ1) is 8.83. The van der Waals surface area contributed by atoms with Crippen molar-refractivity contribution in [2.45, 2.75) is 38.5 Å². The fourth-order valence-electron chi connectivity index (χ4n) is 1.47. The van der Waals surface area contributed by atoms with Gasteiger partial charge >= 0.3 is 0 Å². The van der Waals surface area contributed by atoms with Gasteiger partial charge in [0.2, 0.25) is 0 Å². The molecule has 0 bridgehead atoms. The summed E-state index contributed by atoms with van der Waals surface area (Å²) in [5, 5.41) is 25.3. The molecular formula is C12H20CoN4S2-4. The van der Waals surface area contributed by atoms with Crippen molar-refractivity contribution in [3.8, 4) is 0 Å². The monoisotopic (exact) mass is 343 g/mol. The number of isothiocyanates is 2. The van der Waals surface area contributed by atoms with Crippen molar-refractivity contribution in [3.05, 3.63) is 21.5 Å². The Morgan fingerprint density at radius 1 is 0.632 bits per heavy atom. The molecule has 2 heterocycles. The maximum Gasteiger partial charge on any atom is 0 e. The van der Waals surface area contributed by atoms with Gasteiger partial charge in [0.25, 0.3) is 0 Å². The molecule has 0 amide bonds. The first-order valence-electron chi connectivity index (χ1n) is 6.12. The quantitative estimate of drug-likeness (QED) is 0.483. The van der Waals surface area contributed by atoms with E-state index in [2.05, 4.69) is 35.1 Å². The Bertz CT molecular complexity index is 173. The van der Waals surface area contributed by atoms with Gasteiger partial charge in [-0.2, -0.15) is 10.3 Å². The van der Waals surface area contributed by atoms with Crippen LogP contribution in [0.5, 0.6) is 0 Å². The molecule has 0 N–H and O–H groups in total. The molecule has 113 valence electrons. The minimum Gasteiger partial charge on any atom is -0.753 e. The summed E-state index contributed by atoms with van der Waals surface area (Å²) in [6.07, 6.45) is 8.15. The van der Waals surface area contributed by atoms with Crippen LogP contribution in [0.15, 0.2) is 0 Å². The zero-order chi connectivity index (χ0) is 13.9. The van der Waals surface area contributed by atoms with E-state index in [1.165, 1.54) is 48.8 Å². The van der Waals surface area contributed by atoms with Crippen LogP contribution in [0.25, 0.3) is 21.5 Å². The predicted molar refractivity (Wildman–Crippen MR) is 85.8 cm³/mol. The van der Waals surface area contributed by atoms with Gasteiger partial charge in [-0.15, -0.1) is 26.2 Å². The van der Waals surface area contributed by atoms with E-state index in [4.69, 9.17) is 10.8 Å². The van der Waals surface area contributed by atoms with Crippen molar-refractivity contribution < 1.29 is 16.8 Å². The van der Waals surface area contributed by atoms with Crippen LogP contribution >= 0.6 is 24.4 Å². The van der Waals surface area contributed by atoms with E-state index in [0.29, 0.717) is 0 Å². The average Bonchev–Trinajstić information content (AvgIpc) is 2.45. The molecule has 2 rings (SSSR count). The van der Waals surface area contributed by atoms with E-state index < -0.39 is 0 Å². The normalized spacial score (nSPS) is 16.0. The van der Waals surface area contributed by atoms with Crippen LogP contribution in [0.2, 0.25) is 0 Å². The van der Waals surface area contributed by atoms with Gasteiger partial charge in [-0.3, -0.25) is 0 Å². The Kier molecular flexibility index (Phi) is 33.7. The molecule has 0 unspecified atom stereocenters. The summed E-state index contributed by atoms with van der Waals surface area (Å²) in [6.45, 7) is 4.50. The van der Waals surface area contributed by atoms with Gasteiger partial charge in [0.1, 0.15) is 0 Å². The van der Waals surface area contributed by atoms with Crippen molar-refractivity contribution in [1.29, 1.82) is 0 Å². The second kappa shape index (κ2) is 26.6. The Hall–Kier alpha value is 0.0265. The average molecular weight is 343 g/mol. The van der Waals surface area contributed by atoms with Gasteiger partial charge in [0.15, 0.2) is 0 Å². The molecule has 0 aromatic rings. The molecule has 1 radical (unpaired) electrons. The summed E-state index contributed by atoms with van der Waals surface area (Å²) in [4.78, 5) is 0. The predicted octanol–water partition coefficient (Wildman–Crippen LogP) is 4.40. The number of thiocarbonyl (C=S) groups is 2. The molecule has 19 heavy (non-hydrogen) atoms. The molecule has 4 nitrogen and oxygen atoms in total. The molecule has 2 saturated heterocycles. The van der Waals surface area contributed by atoms with Crippen LogP contribution in [-0.4, -0.2) is 36.5 Å². The molecule has 0 aliphatic carbocycles. The molecular weight excluding hydrogens is 323 g/mol. The fraction of sp³-hybridized carbons (Fsp3) is 0.833. The molecule has 0 saturated carbocycles. The molecule has 7 heteroatoms. The summed E-state index contributed by atoms with van der Waals surface area (Å²) < 4.78 is 0. The van der Waals surface area contributed by atoms with Crippen molar-refractivity contribution in [2.24, 2.45) is 0 Å². The Labute approximate surface area is 137 Å². The van der Waals surface area contributed by atoms with E-state index in [1.54, 1.807) is 0 Å². The first kappa shape index (κ1) is 24.1. The first-order valence-corrected chi connectivity index (χ1v) is 6.94. The third kappa shape index (κ3) is 32.0.